The Balaban J connectivity index is 1.89. The Bertz CT molecular complexity index is 608. The van der Waals surface area contributed by atoms with Gasteiger partial charge in [-0.3, -0.25) is 0 Å². The van der Waals surface area contributed by atoms with E-state index in [-0.39, 0.29) is 12.8 Å². The van der Waals surface area contributed by atoms with Crippen LogP contribution in [0, 0.1) is 0 Å². The van der Waals surface area contributed by atoms with Gasteiger partial charge in [-0.2, -0.15) is 5.10 Å². The highest BCUT2D eigenvalue weighted by atomic mass is 35.5. The average molecular weight is 310 g/mol. The molecule has 1 fully saturated rings. The van der Waals surface area contributed by atoms with Crippen LogP contribution in [-0.4, -0.2) is 34.6 Å². The van der Waals surface area contributed by atoms with Gasteiger partial charge in [-0.25, -0.2) is 4.68 Å². The number of anilines is 1. The quantitative estimate of drug-likeness (QED) is 0.833. The fourth-order valence-corrected chi connectivity index (χ4v) is 2.89. The van der Waals surface area contributed by atoms with Crippen LogP contribution in [-0.2, 0) is 4.74 Å². The topological polar surface area (TPSA) is 59.3 Å². The molecule has 6 heteroatoms. The van der Waals surface area contributed by atoms with Crippen LogP contribution in [0.4, 0.5) is 5.69 Å². The van der Waals surface area contributed by atoms with Crippen molar-refractivity contribution in [1.82, 2.24) is 9.78 Å². The number of rotatable bonds is 5. The summed E-state index contributed by atoms with van der Waals surface area (Å²) >= 11 is 6.28. The van der Waals surface area contributed by atoms with Crippen molar-refractivity contribution in [2.75, 3.05) is 25.1 Å². The first-order valence-electron chi connectivity index (χ1n) is 7.42. The fraction of sp³-hybridized carbons (Fsp3) is 0.533. The van der Waals surface area contributed by atoms with Gasteiger partial charge in [-0.05, 0) is 37.8 Å². The summed E-state index contributed by atoms with van der Waals surface area (Å²) in [7, 11) is 0. The number of hydrogen-bond donors (Lipinski definition) is 2. The van der Waals surface area contributed by atoms with Crippen molar-refractivity contribution in [2.45, 2.75) is 31.9 Å². The number of halogens is 1. The SMILES string of the molecule is OCCCNc1cc2c(cnn2C2CCCCO2)cc1Cl. The van der Waals surface area contributed by atoms with Crippen molar-refractivity contribution < 1.29 is 9.84 Å². The molecule has 1 aromatic carbocycles. The molecule has 5 nitrogen and oxygen atoms in total. The van der Waals surface area contributed by atoms with Gasteiger partial charge in [0, 0.05) is 25.1 Å². The highest BCUT2D eigenvalue weighted by molar-refractivity contribution is 6.34. The maximum absolute atomic E-state index is 8.86. The normalized spacial score (nSPS) is 19.0. The summed E-state index contributed by atoms with van der Waals surface area (Å²) < 4.78 is 7.76. The third-order valence-corrected chi connectivity index (χ3v) is 4.08. The highest BCUT2D eigenvalue weighted by Gasteiger charge is 2.19. The lowest BCUT2D eigenvalue weighted by molar-refractivity contribution is -0.0366. The number of aliphatic hydroxyl groups is 1. The minimum absolute atomic E-state index is 0.0164. The molecule has 1 atom stereocenters. The first kappa shape index (κ1) is 14.6. The molecule has 0 bridgehead atoms. The predicted molar refractivity (Wildman–Crippen MR) is 83.8 cm³/mol. The van der Waals surface area contributed by atoms with E-state index in [0.29, 0.717) is 18.0 Å². The minimum atomic E-state index is 0.0164. The smallest absolute Gasteiger partial charge is 0.150 e. The van der Waals surface area contributed by atoms with E-state index in [9.17, 15) is 0 Å². The number of hydrogen-bond acceptors (Lipinski definition) is 4. The first-order chi connectivity index (χ1) is 10.3. The van der Waals surface area contributed by atoms with Gasteiger partial charge in [0.05, 0.1) is 22.4 Å². The van der Waals surface area contributed by atoms with Gasteiger partial charge in [0.2, 0.25) is 0 Å². The monoisotopic (exact) mass is 309 g/mol. The largest absolute Gasteiger partial charge is 0.396 e. The number of ether oxygens (including phenoxy) is 1. The van der Waals surface area contributed by atoms with Crippen molar-refractivity contribution in [2.24, 2.45) is 0 Å². The molecule has 114 valence electrons. The zero-order valence-electron chi connectivity index (χ0n) is 11.9. The molecule has 1 aromatic heterocycles. The summed E-state index contributed by atoms with van der Waals surface area (Å²) in [4.78, 5) is 0. The Labute approximate surface area is 128 Å². The lowest BCUT2D eigenvalue weighted by atomic mass is 10.2. The van der Waals surface area contributed by atoms with Crippen LogP contribution >= 0.6 is 11.6 Å². The van der Waals surface area contributed by atoms with Gasteiger partial charge in [0.1, 0.15) is 0 Å². The van der Waals surface area contributed by atoms with Gasteiger partial charge in [-0.1, -0.05) is 11.6 Å². The number of nitrogens with one attached hydrogen (secondary N) is 1. The molecular weight excluding hydrogens is 290 g/mol. The molecule has 1 aliphatic heterocycles. The van der Waals surface area contributed by atoms with E-state index in [4.69, 9.17) is 21.4 Å². The summed E-state index contributed by atoms with van der Waals surface area (Å²) in [5.74, 6) is 0. The van der Waals surface area contributed by atoms with Crippen molar-refractivity contribution in [1.29, 1.82) is 0 Å². The van der Waals surface area contributed by atoms with Crippen LogP contribution < -0.4 is 5.32 Å². The molecular formula is C15H20ClN3O2. The maximum atomic E-state index is 8.86. The van der Waals surface area contributed by atoms with E-state index >= 15 is 0 Å². The Morgan fingerprint density at radius 3 is 3.10 bits per heavy atom. The van der Waals surface area contributed by atoms with Crippen LogP contribution in [0.2, 0.25) is 5.02 Å². The van der Waals surface area contributed by atoms with Crippen molar-refractivity contribution >= 4 is 28.2 Å². The predicted octanol–water partition coefficient (Wildman–Crippen LogP) is 3.18. The second-order valence-electron chi connectivity index (χ2n) is 5.31. The maximum Gasteiger partial charge on any atom is 0.150 e. The molecule has 2 aromatic rings. The molecule has 0 spiro atoms. The summed E-state index contributed by atoms with van der Waals surface area (Å²) in [5.41, 5.74) is 1.90. The summed E-state index contributed by atoms with van der Waals surface area (Å²) in [5, 5.41) is 18.3. The minimum Gasteiger partial charge on any atom is -0.396 e. The standard InChI is InChI=1S/C15H20ClN3O2/c16-12-8-11-10-18-19(15-4-1-2-7-21-15)14(11)9-13(12)17-5-3-6-20/h8-10,15,17,20H,1-7H2. The number of aliphatic hydroxyl groups excluding tert-OH is 1. The van der Waals surface area contributed by atoms with Gasteiger partial charge >= 0.3 is 0 Å². The number of fused-ring (bicyclic) bond motifs is 1. The van der Waals surface area contributed by atoms with Gasteiger partial charge in [-0.15, -0.1) is 0 Å². The van der Waals surface area contributed by atoms with E-state index < -0.39 is 0 Å². The van der Waals surface area contributed by atoms with E-state index in [1.54, 1.807) is 0 Å². The highest BCUT2D eigenvalue weighted by Crippen LogP contribution is 2.31. The number of benzene rings is 1. The van der Waals surface area contributed by atoms with E-state index in [0.717, 1.165) is 36.0 Å². The van der Waals surface area contributed by atoms with Crippen LogP contribution in [0.3, 0.4) is 0 Å². The third kappa shape index (κ3) is 3.15. The first-order valence-corrected chi connectivity index (χ1v) is 7.80. The Hall–Kier alpha value is -1.30. The molecule has 0 radical (unpaired) electrons. The number of nitrogens with zero attached hydrogens (tertiary/aromatic N) is 2. The molecule has 0 aliphatic carbocycles. The van der Waals surface area contributed by atoms with Crippen molar-refractivity contribution in [3.05, 3.63) is 23.4 Å². The van der Waals surface area contributed by atoms with Crippen LogP contribution in [0.25, 0.3) is 10.9 Å². The van der Waals surface area contributed by atoms with Crippen molar-refractivity contribution in [3.63, 3.8) is 0 Å². The molecule has 0 amide bonds. The summed E-state index contributed by atoms with van der Waals surface area (Å²) in [6.07, 6.45) is 5.82. The molecule has 1 aliphatic rings. The van der Waals surface area contributed by atoms with E-state index in [1.807, 2.05) is 23.0 Å². The van der Waals surface area contributed by atoms with E-state index in [2.05, 4.69) is 10.4 Å². The second kappa shape index (κ2) is 6.64. The zero-order valence-corrected chi connectivity index (χ0v) is 12.6. The third-order valence-electron chi connectivity index (χ3n) is 3.76. The molecule has 3 rings (SSSR count). The molecule has 1 unspecified atom stereocenters. The van der Waals surface area contributed by atoms with Gasteiger partial charge in [0.15, 0.2) is 6.23 Å². The van der Waals surface area contributed by atoms with E-state index in [1.165, 1.54) is 6.42 Å². The molecule has 2 heterocycles. The molecule has 2 N–H and O–H groups in total. The lowest BCUT2D eigenvalue weighted by Gasteiger charge is -2.23. The summed E-state index contributed by atoms with van der Waals surface area (Å²) in [6.45, 7) is 1.65. The molecule has 0 saturated carbocycles. The molecule has 1 saturated heterocycles. The summed E-state index contributed by atoms with van der Waals surface area (Å²) in [6, 6.07) is 3.94. The lowest BCUT2D eigenvalue weighted by Crippen LogP contribution is -2.19. The van der Waals surface area contributed by atoms with Gasteiger partial charge in [0.25, 0.3) is 0 Å². The molecule has 21 heavy (non-hydrogen) atoms. The Morgan fingerprint density at radius 1 is 1.43 bits per heavy atom. The fourth-order valence-electron chi connectivity index (χ4n) is 2.65. The second-order valence-corrected chi connectivity index (χ2v) is 5.71. The Kier molecular flexibility index (Phi) is 4.63. The van der Waals surface area contributed by atoms with Crippen LogP contribution in [0.15, 0.2) is 18.3 Å². The Morgan fingerprint density at radius 2 is 2.33 bits per heavy atom. The van der Waals surface area contributed by atoms with Crippen molar-refractivity contribution in [3.8, 4) is 0 Å². The number of aromatic nitrogens is 2. The van der Waals surface area contributed by atoms with Gasteiger partial charge < -0.3 is 15.2 Å². The average Bonchev–Trinajstić information content (AvgIpc) is 2.91. The zero-order chi connectivity index (χ0) is 14.7. The van der Waals surface area contributed by atoms with Crippen LogP contribution in [0.1, 0.15) is 31.9 Å². The van der Waals surface area contributed by atoms with Crippen LogP contribution in [0.5, 0.6) is 0 Å².